The first kappa shape index (κ1) is 20.5. The predicted molar refractivity (Wildman–Crippen MR) is 103 cm³/mol. The van der Waals surface area contributed by atoms with Crippen LogP contribution in [0.2, 0.25) is 0 Å². The number of thiazole rings is 1. The van der Waals surface area contributed by atoms with Crippen LogP contribution in [0, 0.1) is 6.92 Å². The van der Waals surface area contributed by atoms with E-state index in [-0.39, 0.29) is 6.42 Å². The van der Waals surface area contributed by atoms with Crippen LogP contribution in [0.25, 0.3) is 10.6 Å². The van der Waals surface area contributed by atoms with Crippen molar-refractivity contribution < 1.29 is 22.8 Å². The van der Waals surface area contributed by atoms with E-state index in [2.05, 4.69) is 15.8 Å². The van der Waals surface area contributed by atoms with Gasteiger partial charge in [-0.25, -0.2) is 4.98 Å². The average molecular weight is 419 g/mol. The molecule has 0 saturated carbocycles. The molecule has 0 unspecified atom stereocenters. The maximum absolute atomic E-state index is 12.6. The second-order valence-corrected chi connectivity index (χ2v) is 7.07. The minimum atomic E-state index is -4.40. The summed E-state index contributed by atoms with van der Waals surface area (Å²) in [6.45, 7) is 1.79. The quantitative estimate of drug-likeness (QED) is 0.625. The highest BCUT2D eigenvalue weighted by Crippen LogP contribution is 2.31. The van der Waals surface area contributed by atoms with Gasteiger partial charge in [0.05, 0.1) is 17.7 Å². The third kappa shape index (κ3) is 5.20. The Bertz CT molecular complexity index is 1030. The Morgan fingerprint density at radius 2 is 1.72 bits per heavy atom. The van der Waals surface area contributed by atoms with Crippen LogP contribution in [-0.2, 0) is 17.4 Å². The molecule has 0 aliphatic carbocycles. The lowest BCUT2D eigenvalue weighted by molar-refractivity contribution is -0.137. The topological polar surface area (TPSA) is 71.1 Å². The van der Waals surface area contributed by atoms with Crippen molar-refractivity contribution in [3.05, 3.63) is 76.3 Å². The number of benzene rings is 2. The standard InChI is InChI=1S/C20H16F3N3O2S/c1-12-4-2-3-5-16(12)18(28)26-25-17(27)10-15-11-29-19(24-15)13-6-8-14(9-7-13)20(21,22)23/h2-9,11H,10H2,1H3,(H,25,27)(H,26,28). The van der Waals surface area contributed by atoms with E-state index in [4.69, 9.17) is 0 Å². The lowest BCUT2D eigenvalue weighted by Gasteiger charge is -2.08. The van der Waals surface area contributed by atoms with Crippen molar-refractivity contribution in [3.8, 4) is 10.6 Å². The zero-order chi connectivity index (χ0) is 21.0. The van der Waals surface area contributed by atoms with Crippen LogP contribution in [0.3, 0.4) is 0 Å². The molecule has 0 spiro atoms. The smallest absolute Gasteiger partial charge is 0.273 e. The van der Waals surface area contributed by atoms with E-state index < -0.39 is 23.6 Å². The molecular weight excluding hydrogens is 403 g/mol. The third-order valence-electron chi connectivity index (χ3n) is 4.06. The zero-order valence-electron chi connectivity index (χ0n) is 15.2. The molecule has 0 bridgehead atoms. The van der Waals surface area contributed by atoms with Crippen molar-refractivity contribution >= 4 is 23.2 Å². The Morgan fingerprint density at radius 1 is 1.03 bits per heavy atom. The molecule has 1 heterocycles. The summed E-state index contributed by atoms with van der Waals surface area (Å²) in [6.07, 6.45) is -4.47. The molecule has 0 aliphatic rings. The van der Waals surface area contributed by atoms with Gasteiger partial charge in [0.1, 0.15) is 5.01 Å². The molecule has 3 aromatic rings. The second-order valence-electron chi connectivity index (χ2n) is 6.21. The van der Waals surface area contributed by atoms with E-state index in [9.17, 15) is 22.8 Å². The molecule has 3 rings (SSSR count). The number of rotatable bonds is 4. The van der Waals surface area contributed by atoms with Crippen LogP contribution in [-0.4, -0.2) is 16.8 Å². The number of hydrogen-bond acceptors (Lipinski definition) is 4. The summed E-state index contributed by atoms with van der Waals surface area (Å²) in [4.78, 5) is 28.4. The zero-order valence-corrected chi connectivity index (χ0v) is 16.0. The maximum Gasteiger partial charge on any atom is 0.416 e. The molecular formula is C20H16F3N3O2S. The van der Waals surface area contributed by atoms with E-state index in [1.54, 1.807) is 36.6 Å². The molecule has 0 saturated heterocycles. The summed E-state index contributed by atoms with van der Waals surface area (Å²) in [5, 5.41) is 2.15. The van der Waals surface area contributed by atoms with Crippen molar-refractivity contribution in [1.82, 2.24) is 15.8 Å². The van der Waals surface area contributed by atoms with Gasteiger partial charge in [-0.3, -0.25) is 20.4 Å². The number of hydrazine groups is 1. The fourth-order valence-corrected chi connectivity index (χ4v) is 3.38. The van der Waals surface area contributed by atoms with Gasteiger partial charge in [-0.15, -0.1) is 11.3 Å². The molecule has 0 fully saturated rings. The van der Waals surface area contributed by atoms with Gasteiger partial charge in [0.2, 0.25) is 5.91 Å². The molecule has 0 radical (unpaired) electrons. The average Bonchev–Trinajstić information content (AvgIpc) is 3.14. The van der Waals surface area contributed by atoms with Crippen LogP contribution in [0.5, 0.6) is 0 Å². The number of aryl methyl sites for hydroxylation is 1. The molecule has 0 atom stereocenters. The van der Waals surface area contributed by atoms with Crippen molar-refractivity contribution in [3.63, 3.8) is 0 Å². The largest absolute Gasteiger partial charge is 0.416 e. The first-order chi connectivity index (χ1) is 13.7. The predicted octanol–water partition coefficient (Wildman–Crippen LogP) is 4.14. The molecule has 150 valence electrons. The Labute approximate surface area is 168 Å². The molecule has 2 aromatic carbocycles. The number of amides is 2. The molecule has 0 aliphatic heterocycles. The summed E-state index contributed by atoms with van der Waals surface area (Å²) < 4.78 is 37.9. The Kier molecular flexibility index (Phi) is 5.97. The number of nitrogens with zero attached hydrogens (tertiary/aromatic N) is 1. The van der Waals surface area contributed by atoms with Crippen molar-refractivity contribution in [2.24, 2.45) is 0 Å². The highest BCUT2D eigenvalue weighted by Gasteiger charge is 2.30. The summed E-state index contributed by atoms with van der Waals surface area (Å²) in [5.74, 6) is -0.892. The summed E-state index contributed by atoms with van der Waals surface area (Å²) in [6, 6.07) is 11.6. The van der Waals surface area contributed by atoms with Crippen molar-refractivity contribution in [1.29, 1.82) is 0 Å². The first-order valence-electron chi connectivity index (χ1n) is 8.51. The summed E-state index contributed by atoms with van der Waals surface area (Å²) in [5.41, 5.74) is 6.15. The number of carbonyl (C=O) groups excluding carboxylic acids is 2. The van der Waals surface area contributed by atoms with Gasteiger partial charge >= 0.3 is 6.18 Å². The van der Waals surface area contributed by atoms with Crippen LogP contribution in [0.15, 0.2) is 53.9 Å². The van der Waals surface area contributed by atoms with Crippen molar-refractivity contribution in [2.75, 3.05) is 0 Å². The van der Waals surface area contributed by atoms with Gasteiger partial charge in [0.15, 0.2) is 0 Å². The monoisotopic (exact) mass is 419 g/mol. The number of nitrogens with one attached hydrogen (secondary N) is 2. The van der Waals surface area contributed by atoms with Crippen LogP contribution >= 0.6 is 11.3 Å². The third-order valence-corrected chi connectivity index (χ3v) is 5.00. The van der Waals surface area contributed by atoms with Gasteiger partial charge in [0, 0.05) is 16.5 Å². The summed E-state index contributed by atoms with van der Waals surface area (Å²) in [7, 11) is 0. The number of alkyl halides is 3. The lowest BCUT2D eigenvalue weighted by atomic mass is 10.1. The Morgan fingerprint density at radius 3 is 2.38 bits per heavy atom. The van der Waals surface area contributed by atoms with E-state index in [0.29, 0.717) is 21.8 Å². The number of halogens is 3. The second kappa shape index (κ2) is 8.44. The Hall–Kier alpha value is -3.20. The molecule has 2 amide bonds. The normalized spacial score (nSPS) is 11.2. The van der Waals surface area contributed by atoms with Crippen LogP contribution < -0.4 is 10.9 Å². The number of hydrogen-bond donors (Lipinski definition) is 2. The van der Waals surface area contributed by atoms with Gasteiger partial charge < -0.3 is 0 Å². The SMILES string of the molecule is Cc1ccccc1C(=O)NNC(=O)Cc1csc(-c2ccc(C(F)(F)F)cc2)n1. The number of aromatic nitrogens is 1. The van der Waals surface area contributed by atoms with Crippen molar-refractivity contribution in [2.45, 2.75) is 19.5 Å². The molecule has 1 aromatic heterocycles. The van der Waals surface area contributed by atoms with Gasteiger partial charge in [0.25, 0.3) is 5.91 Å². The van der Waals surface area contributed by atoms with Gasteiger partial charge in [-0.2, -0.15) is 13.2 Å². The fraction of sp³-hybridized carbons (Fsp3) is 0.150. The summed E-state index contributed by atoms with van der Waals surface area (Å²) >= 11 is 1.22. The van der Waals surface area contributed by atoms with Crippen LogP contribution in [0.1, 0.15) is 27.2 Å². The Balaban J connectivity index is 1.58. The first-order valence-corrected chi connectivity index (χ1v) is 9.39. The van der Waals surface area contributed by atoms with E-state index in [1.165, 1.54) is 23.5 Å². The minimum Gasteiger partial charge on any atom is -0.273 e. The van der Waals surface area contributed by atoms with Crippen LogP contribution in [0.4, 0.5) is 13.2 Å². The maximum atomic E-state index is 12.6. The van der Waals surface area contributed by atoms with E-state index in [0.717, 1.165) is 17.7 Å². The molecule has 2 N–H and O–H groups in total. The van der Waals surface area contributed by atoms with E-state index in [1.807, 2.05) is 0 Å². The molecule has 29 heavy (non-hydrogen) atoms. The highest BCUT2D eigenvalue weighted by atomic mass is 32.1. The highest BCUT2D eigenvalue weighted by molar-refractivity contribution is 7.13. The molecule has 9 heteroatoms. The number of carbonyl (C=O) groups is 2. The molecule has 5 nitrogen and oxygen atoms in total. The van der Waals surface area contributed by atoms with Gasteiger partial charge in [-0.1, -0.05) is 30.3 Å². The van der Waals surface area contributed by atoms with E-state index >= 15 is 0 Å². The minimum absolute atomic E-state index is 0.0782. The fourth-order valence-electron chi connectivity index (χ4n) is 2.55. The lowest BCUT2D eigenvalue weighted by Crippen LogP contribution is -2.42. The van der Waals surface area contributed by atoms with Gasteiger partial charge in [-0.05, 0) is 30.7 Å².